The molecule has 11 heavy (non-hydrogen) atoms. The molecule has 2 unspecified atom stereocenters. The van der Waals surface area contributed by atoms with E-state index in [4.69, 9.17) is 0 Å². The van der Waals surface area contributed by atoms with Gasteiger partial charge in [-0.1, -0.05) is 20.4 Å². The van der Waals surface area contributed by atoms with Crippen LogP contribution in [0, 0.1) is 11.8 Å². The molecule has 0 amide bonds. The predicted octanol–water partition coefficient (Wildman–Crippen LogP) is 2.36. The number of aliphatic hydroxyl groups is 1. The molecule has 0 aliphatic heterocycles. The molecule has 1 fully saturated rings. The molecule has 1 N–H and O–H groups in total. The fourth-order valence-electron chi connectivity index (χ4n) is 1.87. The maximum absolute atomic E-state index is 9.71. The minimum Gasteiger partial charge on any atom is -0.388 e. The first-order valence-corrected chi connectivity index (χ1v) is 4.48. The van der Waals surface area contributed by atoms with Crippen LogP contribution in [0.2, 0.25) is 0 Å². The molecule has 1 nitrogen and oxygen atoms in total. The van der Waals surface area contributed by atoms with E-state index < -0.39 is 0 Å². The van der Waals surface area contributed by atoms with Crippen molar-refractivity contribution < 1.29 is 5.11 Å². The minimum absolute atomic E-state index is 0.233. The topological polar surface area (TPSA) is 20.2 Å². The molecule has 0 saturated heterocycles. The maximum atomic E-state index is 9.71. The quantitative estimate of drug-likeness (QED) is 0.575. The summed E-state index contributed by atoms with van der Waals surface area (Å²) < 4.78 is 0. The zero-order valence-electron chi connectivity index (χ0n) is 7.51. The lowest BCUT2D eigenvalue weighted by Gasteiger charge is -2.32. The van der Waals surface area contributed by atoms with Crippen molar-refractivity contribution in [3.63, 3.8) is 0 Å². The van der Waals surface area contributed by atoms with E-state index in [9.17, 15) is 5.11 Å². The smallest absolute Gasteiger partial charge is 0.0778 e. The van der Waals surface area contributed by atoms with Gasteiger partial charge in [0.05, 0.1) is 6.10 Å². The third-order valence-corrected chi connectivity index (χ3v) is 2.72. The molecule has 0 aromatic rings. The SMILES string of the molecule is C=C1CCCC(C(C)C)C1O. The number of rotatable bonds is 1. The summed E-state index contributed by atoms with van der Waals surface area (Å²) in [6.45, 7) is 8.22. The second-order valence-electron chi connectivity index (χ2n) is 3.90. The summed E-state index contributed by atoms with van der Waals surface area (Å²) in [5, 5.41) is 9.71. The normalized spacial score (nSPS) is 32.9. The molecule has 64 valence electrons. The van der Waals surface area contributed by atoms with Crippen molar-refractivity contribution in [1.82, 2.24) is 0 Å². The van der Waals surface area contributed by atoms with E-state index >= 15 is 0 Å². The molecule has 1 aliphatic rings. The van der Waals surface area contributed by atoms with Crippen molar-refractivity contribution in [2.24, 2.45) is 11.8 Å². The van der Waals surface area contributed by atoms with Crippen molar-refractivity contribution in [1.29, 1.82) is 0 Å². The molecule has 0 radical (unpaired) electrons. The van der Waals surface area contributed by atoms with Crippen molar-refractivity contribution in [2.45, 2.75) is 39.2 Å². The van der Waals surface area contributed by atoms with Crippen molar-refractivity contribution in [3.8, 4) is 0 Å². The highest BCUT2D eigenvalue weighted by Crippen LogP contribution is 2.32. The van der Waals surface area contributed by atoms with Gasteiger partial charge in [0.2, 0.25) is 0 Å². The highest BCUT2D eigenvalue weighted by molar-refractivity contribution is 5.07. The first kappa shape index (κ1) is 8.79. The highest BCUT2D eigenvalue weighted by atomic mass is 16.3. The Kier molecular flexibility index (Phi) is 2.72. The van der Waals surface area contributed by atoms with Crippen LogP contribution in [0.15, 0.2) is 12.2 Å². The van der Waals surface area contributed by atoms with E-state index in [0.717, 1.165) is 18.4 Å². The van der Waals surface area contributed by atoms with Gasteiger partial charge >= 0.3 is 0 Å². The Morgan fingerprint density at radius 3 is 2.64 bits per heavy atom. The van der Waals surface area contributed by atoms with Crippen LogP contribution in [0.25, 0.3) is 0 Å². The Balaban J connectivity index is 2.58. The summed E-state index contributed by atoms with van der Waals surface area (Å²) in [4.78, 5) is 0. The average Bonchev–Trinajstić information content (AvgIpc) is 1.94. The van der Waals surface area contributed by atoms with E-state index in [0.29, 0.717) is 11.8 Å². The summed E-state index contributed by atoms with van der Waals surface area (Å²) in [7, 11) is 0. The third-order valence-electron chi connectivity index (χ3n) is 2.72. The summed E-state index contributed by atoms with van der Waals surface area (Å²) >= 11 is 0. The molecule has 1 saturated carbocycles. The largest absolute Gasteiger partial charge is 0.388 e. The lowest BCUT2D eigenvalue weighted by Crippen LogP contribution is -2.30. The summed E-state index contributed by atoms with van der Waals surface area (Å²) in [6, 6.07) is 0. The van der Waals surface area contributed by atoms with Crippen LogP contribution >= 0.6 is 0 Å². The van der Waals surface area contributed by atoms with Crippen LogP contribution in [-0.2, 0) is 0 Å². The molecule has 1 aliphatic carbocycles. The number of aliphatic hydroxyl groups excluding tert-OH is 1. The van der Waals surface area contributed by atoms with Crippen molar-refractivity contribution in [2.75, 3.05) is 0 Å². The first-order valence-electron chi connectivity index (χ1n) is 4.48. The van der Waals surface area contributed by atoms with Crippen LogP contribution in [0.4, 0.5) is 0 Å². The Morgan fingerprint density at radius 2 is 2.18 bits per heavy atom. The van der Waals surface area contributed by atoms with Crippen LogP contribution in [-0.4, -0.2) is 11.2 Å². The summed E-state index contributed by atoms with van der Waals surface area (Å²) in [5.41, 5.74) is 1.04. The van der Waals surface area contributed by atoms with Crippen LogP contribution < -0.4 is 0 Å². The lowest BCUT2D eigenvalue weighted by molar-refractivity contribution is 0.0869. The van der Waals surface area contributed by atoms with Gasteiger partial charge in [-0.05, 0) is 36.7 Å². The number of hydrogen-bond donors (Lipinski definition) is 1. The fourth-order valence-corrected chi connectivity index (χ4v) is 1.87. The molecule has 1 rings (SSSR count). The van der Waals surface area contributed by atoms with Crippen molar-refractivity contribution >= 4 is 0 Å². The average molecular weight is 154 g/mol. The zero-order valence-corrected chi connectivity index (χ0v) is 7.51. The molecule has 0 bridgehead atoms. The Morgan fingerprint density at radius 1 is 1.55 bits per heavy atom. The van der Waals surface area contributed by atoms with Gasteiger partial charge in [0.15, 0.2) is 0 Å². The van der Waals surface area contributed by atoms with Crippen molar-refractivity contribution in [3.05, 3.63) is 12.2 Å². The molecular formula is C10H18O. The Hall–Kier alpha value is -0.300. The summed E-state index contributed by atoms with van der Waals surface area (Å²) in [6.07, 6.45) is 3.16. The van der Waals surface area contributed by atoms with Crippen LogP contribution in [0.5, 0.6) is 0 Å². The molecule has 2 atom stereocenters. The molecule has 0 aromatic carbocycles. The van der Waals surface area contributed by atoms with Gasteiger partial charge in [0, 0.05) is 0 Å². The van der Waals surface area contributed by atoms with E-state index in [-0.39, 0.29) is 6.10 Å². The van der Waals surface area contributed by atoms with E-state index in [2.05, 4.69) is 20.4 Å². The van der Waals surface area contributed by atoms with Gasteiger partial charge < -0.3 is 5.11 Å². The number of hydrogen-bond acceptors (Lipinski definition) is 1. The molecule has 1 heteroatoms. The van der Waals surface area contributed by atoms with Gasteiger partial charge in [0.25, 0.3) is 0 Å². The van der Waals surface area contributed by atoms with E-state index in [1.807, 2.05) is 0 Å². The second-order valence-corrected chi connectivity index (χ2v) is 3.90. The van der Waals surface area contributed by atoms with Crippen LogP contribution in [0.1, 0.15) is 33.1 Å². The van der Waals surface area contributed by atoms with E-state index in [1.165, 1.54) is 6.42 Å². The summed E-state index contributed by atoms with van der Waals surface area (Å²) in [5.74, 6) is 1.04. The molecule has 0 aromatic heterocycles. The third kappa shape index (κ3) is 1.84. The van der Waals surface area contributed by atoms with E-state index in [1.54, 1.807) is 0 Å². The van der Waals surface area contributed by atoms with Gasteiger partial charge in [0.1, 0.15) is 0 Å². The second kappa shape index (κ2) is 3.40. The van der Waals surface area contributed by atoms with Gasteiger partial charge in [-0.2, -0.15) is 0 Å². The van der Waals surface area contributed by atoms with Gasteiger partial charge in [-0.25, -0.2) is 0 Å². The van der Waals surface area contributed by atoms with Gasteiger partial charge in [-0.15, -0.1) is 0 Å². The standard InChI is InChI=1S/C10H18O/c1-7(2)9-6-4-5-8(3)10(9)11/h7,9-11H,3-6H2,1-2H3. The highest BCUT2D eigenvalue weighted by Gasteiger charge is 2.27. The maximum Gasteiger partial charge on any atom is 0.0778 e. The predicted molar refractivity (Wildman–Crippen MR) is 47.3 cm³/mol. The zero-order chi connectivity index (χ0) is 8.43. The molecule has 0 heterocycles. The molecule has 0 spiro atoms. The Bertz CT molecular complexity index is 149. The van der Waals surface area contributed by atoms with Crippen LogP contribution in [0.3, 0.4) is 0 Å². The van der Waals surface area contributed by atoms with Gasteiger partial charge in [-0.3, -0.25) is 0 Å². The minimum atomic E-state index is -0.233. The fraction of sp³-hybridized carbons (Fsp3) is 0.800. The molecular weight excluding hydrogens is 136 g/mol. The lowest BCUT2D eigenvalue weighted by atomic mass is 9.77. The first-order chi connectivity index (χ1) is 5.13. The Labute approximate surface area is 69.1 Å². The monoisotopic (exact) mass is 154 g/mol.